The first-order valence-corrected chi connectivity index (χ1v) is 8.32. The Bertz CT molecular complexity index is 722. The minimum atomic E-state index is -0.485. The molecule has 0 heterocycles. The fourth-order valence-electron chi connectivity index (χ4n) is 2.54. The van der Waals surface area contributed by atoms with E-state index >= 15 is 0 Å². The molecule has 2 aromatic rings. The summed E-state index contributed by atoms with van der Waals surface area (Å²) in [4.78, 5) is 25.1. The van der Waals surface area contributed by atoms with Gasteiger partial charge < -0.3 is 11.1 Å². The lowest BCUT2D eigenvalue weighted by Gasteiger charge is -2.17. The Labute approximate surface area is 148 Å². The van der Waals surface area contributed by atoms with Crippen molar-refractivity contribution in [3.8, 4) is 0 Å². The van der Waals surface area contributed by atoms with Crippen LogP contribution in [0.1, 0.15) is 41.3 Å². The molecular formula is C20H25N3O2. The van der Waals surface area contributed by atoms with E-state index in [0.717, 1.165) is 0 Å². The molecule has 0 aromatic heterocycles. The molecule has 0 aliphatic carbocycles. The summed E-state index contributed by atoms with van der Waals surface area (Å²) in [6.07, 6.45) is 0. The average Bonchev–Trinajstić information content (AvgIpc) is 2.55. The summed E-state index contributed by atoms with van der Waals surface area (Å²) in [5.41, 5.74) is 8.74. The molecule has 0 saturated heterocycles. The summed E-state index contributed by atoms with van der Waals surface area (Å²) in [5, 5.41) is 2.82. The molecule has 2 amide bonds. The van der Waals surface area contributed by atoms with Gasteiger partial charge >= 0.3 is 0 Å². The highest BCUT2D eigenvalue weighted by Gasteiger charge is 2.09. The molecule has 3 N–H and O–H groups in total. The van der Waals surface area contributed by atoms with E-state index in [-0.39, 0.29) is 12.5 Å². The molecule has 25 heavy (non-hydrogen) atoms. The van der Waals surface area contributed by atoms with E-state index in [0.29, 0.717) is 23.7 Å². The van der Waals surface area contributed by atoms with Crippen molar-refractivity contribution in [3.63, 3.8) is 0 Å². The van der Waals surface area contributed by atoms with Gasteiger partial charge in [-0.15, -0.1) is 0 Å². The highest BCUT2D eigenvalue weighted by Crippen LogP contribution is 2.15. The number of anilines is 1. The number of benzene rings is 2. The fraction of sp³-hybridized carbons (Fsp3) is 0.300. The Morgan fingerprint density at radius 3 is 2.16 bits per heavy atom. The van der Waals surface area contributed by atoms with Crippen molar-refractivity contribution in [2.75, 3.05) is 18.9 Å². The van der Waals surface area contributed by atoms with Crippen LogP contribution in [-0.2, 0) is 11.3 Å². The molecule has 0 aliphatic rings. The lowest BCUT2D eigenvalue weighted by atomic mass is 10.0. The van der Waals surface area contributed by atoms with E-state index in [1.807, 2.05) is 11.9 Å². The third-order valence-electron chi connectivity index (χ3n) is 3.97. The Balaban J connectivity index is 1.86. The number of amides is 2. The van der Waals surface area contributed by atoms with Gasteiger partial charge in [-0.25, -0.2) is 0 Å². The molecule has 0 fully saturated rings. The Kier molecular flexibility index (Phi) is 6.31. The van der Waals surface area contributed by atoms with Gasteiger partial charge in [0.05, 0.1) is 6.54 Å². The molecule has 0 radical (unpaired) electrons. The smallest absolute Gasteiger partial charge is 0.248 e. The summed E-state index contributed by atoms with van der Waals surface area (Å²) < 4.78 is 0. The summed E-state index contributed by atoms with van der Waals surface area (Å²) in [6, 6.07) is 15.0. The zero-order valence-corrected chi connectivity index (χ0v) is 15.0. The van der Waals surface area contributed by atoms with Gasteiger partial charge in [-0.3, -0.25) is 14.5 Å². The maximum atomic E-state index is 12.1. The molecule has 5 nitrogen and oxygen atoms in total. The first kappa shape index (κ1) is 18.7. The molecular weight excluding hydrogens is 314 g/mol. The molecule has 0 aliphatic heterocycles. The zero-order valence-electron chi connectivity index (χ0n) is 15.0. The van der Waals surface area contributed by atoms with Gasteiger partial charge in [0.2, 0.25) is 11.8 Å². The maximum Gasteiger partial charge on any atom is 0.248 e. The number of primary amides is 1. The van der Waals surface area contributed by atoms with Crippen LogP contribution in [0, 0.1) is 0 Å². The summed E-state index contributed by atoms with van der Waals surface area (Å²) >= 11 is 0. The van der Waals surface area contributed by atoms with Gasteiger partial charge in [-0.2, -0.15) is 0 Å². The molecule has 2 rings (SSSR count). The topological polar surface area (TPSA) is 75.4 Å². The van der Waals surface area contributed by atoms with E-state index in [9.17, 15) is 9.59 Å². The SMILES string of the molecule is CC(C)c1ccc(CN(C)CC(=O)Nc2ccc(C(N)=O)cc2)cc1. The maximum absolute atomic E-state index is 12.1. The van der Waals surface area contributed by atoms with Gasteiger partial charge in [0.15, 0.2) is 0 Å². The Hall–Kier alpha value is -2.66. The zero-order chi connectivity index (χ0) is 18.4. The number of hydrogen-bond acceptors (Lipinski definition) is 3. The number of carbonyl (C=O) groups is 2. The van der Waals surface area contributed by atoms with Crippen LogP contribution in [0.4, 0.5) is 5.69 Å². The number of carbonyl (C=O) groups excluding carboxylic acids is 2. The van der Waals surface area contributed by atoms with E-state index in [4.69, 9.17) is 5.73 Å². The Morgan fingerprint density at radius 1 is 1.04 bits per heavy atom. The largest absolute Gasteiger partial charge is 0.366 e. The van der Waals surface area contributed by atoms with Gasteiger partial charge in [-0.05, 0) is 48.4 Å². The predicted octanol–water partition coefficient (Wildman–Crippen LogP) is 2.98. The van der Waals surface area contributed by atoms with E-state index in [1.54, 1.807) is 24.3 Å². The lowest BCUT2D eigenvalue weighted by molar-refractivity contribution is -0.117. The molecule has 0 saturated carbocycles. The number of hydrogen-bond donors (Lipinski definition) is 2. The minimum absolute atomic E-state index is 0.104. The predicted molar refractivity (Wildman–Crippen MR) is 100 cm³/mol. The quantitative estimate of drug-likeness (QED) is 0.814. The van der Waals surface area contributed by atoms with Crippen LogP contribution in [0.3, 0.4) is 0 Å². The lowest BCUT2D eigenvalue weighted by Crippen LogP contribution is -2.29. The van der Waals surface area contributed by atoms with Gasteiger partial charge in [0.1, 0.15) is 0 Å². The highest BCUT2D eigenvalue weighted by molar-refractivity contribution is 5.95. The summed E-state index contributed by atoms with van der Waals surface area (Å²) in [6.45, 7) is 5.32. The van der Waals surface area contributed by atoms with Crippen LogP contribution in [0.25, 0.3) is 0 Å². The third kappa shape index (κ3) is 5.72. The van der Waals surface area contributed by atoms with Crippen molar-refractivity contribution in [2.45, 2.75) is 26.3 Å². The van der Waals surface area contributed by atoms with Crippen LogP contribution in [-0.4, -0.2) is 30.3 Å². The van der Waals surface area contributed by atoms with Crippen molar-refractivity contribution in [1.82, 2.24) is 4.90 Å². The fourth-order valence-corrected chi connectivity index (χ4v) is 2.54. The van der Waals surface area contributed by atoms with Crippen molar-refractivity contribution >= 4 is 17.5 Å². The van der Waals surface area contributed by atoms with E-state index < -0.39 is 5.91 Å². The number of rotatable bonds is 7. The number of nitrogens with two attached hydrogens (primary N) is 1. The molecule has 0 spiro atoms. The van der Waals surface area contributed by atoms with Crippen LogP contribution >= 0.6 is 0 Å². The van der Waals surface area contributed by atoms with Gasteiger partial charge in [0, 0.05) is 17.8 Å². The minimum Gasteiger partial charge on any atom is -0.366 e. The molecule has 132 valence electrons. The van der Waals surface area contributed by atoms with Crippen LogP contribution in [0.2, 0.25) is 0 Å². The van der Waals surface area contributed by atoms with Gasteiger partial charge in [0.25, 0.3) is 0 Å². The van der Waals surface area contributed by atoms with Crippen molar-refractivity contribution < 1.29 is 9.59 Å². The van der Waals surface area contributed by atoms with Crippen LogP contribution in [0.5, 0.6) is 0 Å². The standard InChI is InChI=1S/C20H25N3O2/c1-14(2)16-6-4-15(5-7-16)12-23(3)13-19(24)22-18-10-8-17(9-11-18)20(21)25/h4-11,14H,12-13H2,1-3H3,(H2,21,25)(H,22,24). The van der Waals surface area contributed by atoms with Crippen molar-refractivity contribution in [2.24, 2.45) is 5.73 Å². The van der Waals surface area contributed by atoms with Gasteiger partial charge in [-0.1, -0.05) is 38.1 Å². The van der Waals surface area contributed by atoms with Crippen LogP contribution < -0.4 is 11.1 Å². The summed E-state index contributed by atoms with van der Waals surface area (Å²) in [7, 11) is 1.91. The molecule has 0 unspecified atom stereocenters. The second kappa shape index (κ2) is 8.44. The van der Waals surface area contributed by atoms with Crippen molar-refractivity contribution in [3.05, 3.63) is 65.2 Å². The average molecular weight is 339 g/mol. The first-order chi connectivity index (χ1) is 11.8. The molecule has 2 aromatic carbocycles. The molecule has 0 bridgehead atoms. The van der Waals surface area contributed by atoms with Crippen LogP contribution in [0.15, 0.2) is 48.5 Å². The number of nitrogens with one attached hydrogen (secondary N) is 1. The monoisotopic (exact) mass is 339 g/mol. The van der Waals surface area contributed by atoms with E-state index in [2.05, 4.69) is 43.4 Å². The summed E-state index contributed by atoms with van der Waals surface area (Å²) in [5.74, 6) is -0.0762. The number of nitrogens with zero attached hydrogens (tertiary/aromatic N) is 1. The Morgan fingerprint density at radius 2 is 1.64 bits per heavy atom. The second-order valence-corrected chi connectivity index (χ2v) is 6.56. The molecule has 0 atom stereocenters. The van der Waals surface area contributed by atoms with E-state index in [1.165, 1.54) is 11.1 Å². The highest BCUT2D eigenvalue weighted by atomic mass is 16.2. The second-order valence-electron chi connectivity index (χ2n) is 6.56. The number of likely N-dealkylation sites (N-methyl/N-ethyl adjacent to an activating group) is 1. The first-order valence-electron chi connectivity index (χ1n) is 8.32. The normalized spacial score (nSPS) is 10.9. The van der Waals surface area contributed by atoms with Crippen molar-refractivity contribution in [1.29, 1.82) is 0 Å². The third-order valence-corrected chi connectivity index (χ3v) is 3.97. The molecule has 5 heteroatoms.